The fourth-order valence-corrected chi connectivity index (χ4v) is 7.94. The average Bonchev–Trinajstić information content (AvgIpc) is 3.66. The van der Waals surface area contributed by atoms with Crippen LogP contribution in [-0.4, -0.2) is 134 Å². The summed E-state index contributed by atoms with van der Waals surface area (Å²) in [5, 5.41) is 34.7. The van der Waals surface area contributed by atoms with Crippen LogP contribution in [-0.2, 0) is 60.3 Å². The minimum absolute atomic E-state index is 0.0135. The van der Waals surface area contributed by atoms with E-state index in [2.05, 4.69) is 34.4 Å². The van der Waals surface area contributed by atoms with Crippen molar-refractivity contribution in [2.45, 2.75) is 83.0 Å². The van der Waals surface area contributed by atoms with E-state index in [1.807, 2.05) is 0 Å². The monoisotopic (exact) mass is 891 g/mol. The van der Waals surface area contributed by atoms with Crippen LogP contribution in [0.15, 0.2) is 12.7 Å². The standard InChI is InChI=1S/C28H44N7O20P3/c1-28(2,23(42)26(43)31-9-7-18(38)30-8-6-16(37)10-15(36)4-3-5-19(39)40)12-52-58(49,50)55-57(47,48)51-11-17-22(54-56(44,45)46)21(41)27(53-17)35-14-34-20-24(29)32-13-33-25(20)35/h13-14,17,21-23,27,41-42H,3-12H2,1-2H3,(H,30,38)(H,31,43)(H,39,40)(H,47,48)(H,49,50)(H2,29,32,33)(H2,44,45,46). The molecule has 11 N–H and O–H groups in total. The number of nitrogen functional groups attached to an aromatic ring is 1. The number of Topliss-reactive ketones (excluding diaryl/α,β-unsaturated/α-hetero) is 2. The van der Waals surface area contributed by atoms with Crippen molar-refractivity contribution < 1.29 is 95.2 Å². The Balaban J connectivity index is 1.46. The Labute approximate surface area is 328 Å². The first-order valence-corrected chi connectivity index (χ1v) is 21.5. The molecule has 2 aromatic rings. The van der Waals surface area contributed by atoms with Gasteiger partial charge in [-0.1, -0.05) is 13.8 Å². The summed E-state index contributed by atoms with van der Waals surface area (Å²) in [7, 11) is -16.5. The predicted molar refractivity (Wildman–Crippen MR) is 190 cm³/mol. The Hall–Kier alpha value is -3.65. The number of nitrogens with one attached hydrogen (secondary N) is 2. The molecule has 2 aromatic heterocycles. The molecule has 0 bridgehead atoms. The fraction of sp³-hybridized carbons (Fsp3) is 0.643. The number of fused-ring (bicyclic) bond motifs is 1. The molecule has 3 heterocycles. The summed E-state index contributed by atoms with van der Waals surface area (Å²) in [5.74, 6) is -3.66. The number of nitrogens with zero attached hydrogens (tertiary/aromatic N) is 4. The van der Waals surface area contributed by atoms with Crippen LogP contribution < -0.4 is 16.4 Å². The van der Waals surface area contributed by atoms with Crippen LogP contribution in [0.4, 0.5) is 5.82 Å². The molecule has 1 saturated heterocycles. The van der Waals surface area contributed by atoms with Crippen LogP contribution in [0.5, 0.6) is 0 Å². The first kappa shape index (κ1) is 48.7. The summed E-state index contributed by atoms with van der Waals surface area (Å²) in [6, 6.07) is 0. The first-order chi connectivity index (χ1) is 26.8. The molecule has 2 amide bonds. The second-order valence-electron chi connectivity index (χ2n) is 13.3. The zero-order chi connectivity index (χ0) is 43.6. The number of imidazole rings is 1. The number of aromatic nitrogens is 4. The number of hydrogen-bond acceptors (Lipinski definition) is 19. The van der Waals surface area contributed by atoms with Gasteiger partial charge in [-0.15, -0.1) is 0 Å². The molecule has 58 heavy (non-hydrogen) atoms. The van der Waals surface area contributed by atoms with E-state index in [-0.39, 0.29) is 62.2 Å². The highest BCUT2D eigenvalue weighted by Gasteiger charge is 2.50. The van der Waals surface area contributed by atoms with E-state index in [1.54, 1.807) is 0 Å². The van der Waals surface area contributed by atoms with Gasteiger partial charge in [0, 0.05) is 44.2 Å². The molecule has 0 saturated carbocycles. The third kappa shape index (κ3) is 15.2. The first-order valence-electron chi connectivity index (χ1n) is 16.9. The highest BCUT2D eigenvalue weighted by atomic mass is 31.3. The number of aliphatic carboxylic acids is 1. The van der Waals surface area contributed by atoms with Gasteiger partial charge in [0.05, 0.1) is 26.0 Å². The zero-order valence-corrected chi connectivity index (χ0v) is 33.4. The number of nitrogens with two attached hydrogens (primary N) is 1. The minimum atomic E-state index is -5.60. The van der Waals surface area contributed by atoms with Crippen LogP contribution in [0.25, 0.3) is 11.2 Å². The number of anilines is 1. The number of aliphatic hydroxyl groups excluding tert-OH is 2. The molecule has 1 aliphatic heterocycles. The highest BCUT2D eigenvalue weighted by Crippen LogP contribution is 2.61. The number of carboxylic acids is 1. The smallest absolute Gasteiger partial charge is 0.481 e. The number of amides is 2. The quantitative estimate of drug-likeness (QED) is 0.0404. The summed E-state index contributed by atoms with van der Waals surface area (Å²) in [5.41, 5.74) is 4.16. The molecule has 326 valence electrons. The summed E-state index contributed by atoms with van der Waals surface area (Å²) < 4.78 is 61.9. The number of ether oxygens (including phenoxy) is 1. The predicted octanol–water partition coefficient (Wildman–Crippen LogP) is -1.42. The van der Waals surface area contributed by atoms with Gasteiger partial charge in [-0.2, -0.15) is 4.31 Å². The Morgan fingerprint density at radius 2 is 1.59 bits per heavy atom. The molecule has 30 heteroatoms. The molecule has 0 spiro atoms. The number of phosphoric acid groups is 3. The number of rotatable bonds is 25. The van der Waals surface area contributed by atoms with Crippen LogP contribution in [0.1, 0.15) is 58.6 Å². The van der Waals surface area contributed by atoms with Crippen molar-refractivity contribution in [1.82, 2.24) is 30.2 Å². The zero-order valence-electron chi connectivity index (χ0n) is 30.8. The molecular weight excluding hydrogens is 847 g/mol. The van der Waals surface area contributed by atoms with Crippen LogP contribution in [0.3, 0.4) is 0 Å². The van der Waals surface area contributed by atoms with Gasteiger partial charge >= 0.3 is 29.4 Å². The molecule has 0 aliphatic carbocycles. The minimum Gasteiger partial charge on any atom is -0.481 e. The van der Waals surface area contributed by atoms with Gasteiger partial charge in [-0.3, -0.25) is 42.1 Å². The molecule has 0 aromatic carbocycles. The van der Waals surface area contributed by atoms with E-state index < -0.39 is 109 Å². The van der Waals surface area contributed by atoms with Gasteiger partial charge in [0.25, 0.3) is 0 Å². The Bertz CT molecular complexity index is 1960. The lowest BCUT2D eigenvalue weighted by Crippen LogP contribution is -2.46. The maximum Gasteiger partial charge on any atom is 0.481 e. The maximum atomic E-state index is 12.7. The van der Waals surface area contributed by atoms with Crippen molar-refractivity contribution in [3.05, 3.63) is 12.7 Å². The topological polar surface area (TPSA) is 418 Å². The van der Waals surface area contributed by atoms with Gasteiger partial charge in [0.2, 0.25) is 11.8 Å². The van der Waals surface area contributed by atoms with Crippen molar-refractivity contribution in [3.8, 4) is 0 Å². The summed E-state index contributed by atoms with van der Waals surface area (Å²) in [4.78, 5) is 110. The van der Waals surface area contributed by atoms with Gasteiger partial charge in [0.15, 0.2) is 17.7 Å². The van der Waals surface area contributed by atoms with Gasteiger partial charge in [-0.05, 0) is 6.42 Å². The van der Waals surface area contributed by atoms with E-state index in [4.69, 9.17) is 24.6 Å². The Morgan fingerprint density at radius 1 is 0.948 bits per heavy atom. The maximum absolute atomic E-state index is 12.7. The summed E-state index contributed by atoms with van der Waals surface area (Å²) in [6.45, 7) is -0.0958. The van der Waals surface area contributed by atoms with Crippen molar-refractivity contribution in [2.75, 3.05) is 32.0 Å². The van der Waals surface area contributed by atoms with Crippen molar-refractivity contribution in [2.24, 2.45) is 5.41 Å². The Kier molecular flexibility index (Phi) is 17.3. The average molecular weight is 892 g/mol. The fourth-order valence-electron chi connectivity index (χ4n) is 5.11. The molecule has 3 rings (SSSR count). The third-order valence-electron chi connectivity index (χ3n) is 8.04. The number of carboxylic acid groups (broad SMARTS) is 1. The van der Waals surface area contributed by atoms with Crippen LogP contribution >= 0.6 is 23.5 Å². The van der Waals surface area contributed by atoms with Crippen molar-refractivity contribution >= 4 is 69.8 Å². The van der Waals surface area contributed by atoms with Gasteiger partial charge < -0.3 is 56.0 Å². The normalized spacial score (nSPS) is 21.2. The molecule has 7 atom stereocenters. The van der Waals surface area contributed by atoms with Gasteiger partial charge in [-0.25, -0.2) is 28.6 Å². The number of aliphatic hydroxyl groups is 2. The molecule has 1 fully saturated rings. The second-order valence-corrected chi connectivity index (χ2v) is 17.6. The molecular formula is C28H44N7O20P3. The van der Waals surface area contributed by atoms with Crippen molar-refractivity contribution in [1.29, 1.82) is 0 Å². The van der Waals surface area contributed by atoms with E-state index in [1.165, 1.54) is 13.8 Å². The number of carbonyl (C=O) groups is 5. The summed E-state index contributed by atoms with van der Waals surface area (Å²) >= 11 is 0. The lowest BCUT2D eigenvalue weighted by Gasteiger charge is -2.30. The Morgan fingerprint density at radius 3 is 2.24 bits per heavy atom. The van der Waals surface area contributed by atoms with Crippen LogP contribution in [0.2, 0.25) is 0 Å². The van der Waals surface area contributed by atoms with Crippen LogP contribution in [0, 0.1) is 5.41 Å². The van der Waals surface area contributed by atoms with E-state index in [0.717, 1.165) is 17.2 Å². The number of carbonyl (C=O) groups excluding carboxylic acids is 4. The number of phosphoric ester groups is 3. The van der Waals surface area contributed by atoms with Crippen molar-refractivity contribution in [3.63, 3.8) is 0 Å². The SMILES string of the molecule is CC(C)(COP(=O)(O)OP(=O)(O)OCC1OC(n2cnc3c(N)ncnc32)C(O)C1OP(=O)(O)O)C(O)C(=O)NCCC(=O)NCCC(=O)CC(=O)CCCC(=O)O. The second kappa shape index (κ2) is 20.5. The van der Waals surface area contributed by atoms with Gasteiger partial charge in [0.1, 0.15) is 47.8 Å². The number of hydrogen-bond donors (Lipinski definition) is 10. The molecule has 0 radical (unpaired) electrons. The lowest BCUT2D eigenvalue weighted by molar-refractivity contribution is -0.138. The molecule has 1 aliphatic rings. The molecule has 27 nitrogen and oxygen atoms in total. The summed E-state index contributed by atoms with van der Waals surface area (Å²) in [6.07, 6.45) is -7.98. The van der Waals surface area contributed by atoms with E-state index in [0.29, 0.717) is 0 Å². The van der Waals surface area contributed by atoms with E-state index in [9.17, 15) is 67.5 Å². The van der Waals surface area contributed by atoms with E-state index >= 15 is 0 Å². The largest absolute Gasteiger partial charge is 0.481 e. The third-order valence-corrected chi connectivity index (χ3v) is 11.1. The lowest BCUT2D eigenvalue weighted by atomic mass is 9.87. The highest BCUT2D eigenvalue weighted by molar-refractivity contribution is 7.61. The molecule has 7 unspecified atom stereocenters. The number of ketones is 2.